The van der Waals surface area contributed by atoms with Crippen molar-refractivity contribution >= 4 is 21.8 Å². The molecule has 1 heterocycles. The van der Waals surface area contributed by atoms with Crippen molar-refractivity contribution in [1.29, 1.82) is 0 Å². The Hall–Kier alpha value is -0.870. The number of likely N-dealkylation sites (tertiary alicyclic amines) is 1. The zero-order chi connectivity index (χ0) is 14.0. The molecule has 3 nitrogen and oxygen atoms in total. The van der Waals surface area contributed by atoms with E-state index in [-0.39, 0.29) is 11.9 Å². The molecule has 4 heteroatoms. The Kier molecular flexibility index (Phi) is 4.31. The fourth-order valence-electron chi connectivity index (χ4n) is 2.58. The Bertz CT molecular complexity index is 456. The molecular weight excluding hydrogens is 304 g/mol. The first-order valence-corrected chi connectivity index (χ1v) is 7.51. The minimum absolute atomic E-state index is 0.124. The molecule has 1 fully saturated rings. The van der Waals surface area contributed by atoms with Crippen molar-refractivity contribution < 1.29 is 4.79 Å². The number of nitrogens with two attached hydrogens (primary N) is 1. The fraction of sp³-hybridized carbons (Fsp3) is 0.533. The van der Waals surface area contributed by atoms with Gasteiger partial charge in [0.25, 0.3) is 0 Å². The Morgan fingerprint density at radius 3 is 2.58 bits per heavy atom. The number of piperidine rings is 1. The highest BCUT2D eigenvalue weighted by atomic mass is 79.9. The molecule has 1 unspecified atom stereocenters. The summed E-state index contributed by atoms with van der Waals surface area (Å²) in [5.74, 6) is 0.171. The quantitative estimate of drug-likeness (QED) is 0.909. The van der Waals surface area contributed by atoms with E-state index in [9.17, 15) is 4.79 Å². The minimum atomic E-state index is -0.502. The molecule has 104 valence electrons. The van der Waals surface area contributed by atoms with Crippen molar-refractivity contribution in [2.24, 2.45) is 5.73 Å². The Balaban J connectivity index is 2.18. The largest absolute Gasteiger partial charge is 0.340 e. The van der Waals surface area contributed by atoms with Crippen molar-refractivity contribution in [3.63, 3.8) is 0 Å². The summed E-state index contributed by atoms with van der Waals surface area (Å²) >= 11 is 3.42. The van der Waals surface area contributed by atoms with Crippen LogP contribution in [0.15, 0.2) is 28.7 Å². The van der Waals surface area contributed by atoms with Crippen LogP contribution in [-0.2, 0) is 10.2 Å². The summed E-state index contributed by atoms with van der Waals surface area (Å²) < 4.78 is 1.03. The van der Waals surface area contributed by atoms with E-state index in [0.29, 0.717) is 6.54 Å². The van der Waals surface area contributed by atoms with Crippen LogP contribution in [0.2, 0.25) is 0 Å². The lowest BCUT2D eigenvalue weighted by Crippen LogP contribution is -2.51. The SMILES string of the molecule is CC(C)(C(=O)N1CCCC(N)C1)c1ccc(Br)cc1. The molecule has 1 aromatic carbocycles. The van der Waals surface area contributed by atoms with Gasteiger partial charge in [0.15, 0.2) is 0 Å². The molecule has 0 radical (unpaired) electrons. The number of carbonyl (C=O) groups excluding carboxylic acids is 1. The molecule has 19 heavy (non-hydrogen) atoms. The van der Waals surface area contributed by atoms with Gasteiger partial charge in [0, 0.05) is 23.6 Å². The Morgan fingerprint density at radius 2 is 2.00 bits per heavy atom. The van der Waals surface area contributed by atoms with Gasteiger partial charge in [-0.15, -0.1) is 0 Å². The van der Waals surface area contributed by atoms with Crippen LogP contribution >= 0.6 is 15.9 Å². The van der Waals surface area contributed by atoms with Gasteiger partial charge in [0.1, 0.15) is 0 Å². The minimum Gasteiger partial charge on any atom is -0.340 e. The van der Waals surface area contributed by atoms with Gasteiger partial charge >= 0.3 is 0 Å². The monoisotopic (exact) mass is 324 g/mol. The average molecular weight is 325 g/mol. The lowest BCUT2D eigenvalue weighted by Gasteiger charge is -2.36. The molecule has 2 rings (SSSR count). The first-order chi connectivity index (χ1) is 8.91. The molecule has 1 amide bonds. The van der Waals surface area contributed by atoms with Crippen LogP contribution < -0.4 is 5.73 Å². The summed E-state index contributed by atoms with van der Waals surface area (Å²) in [5.41, 5.74) is 6.50. The number of halogens is 1. The fourth-order valence-corrected chi connectivity index (χ4v) is 2.84. The molecule has 0 aromatic heterocycles. The topological polar surface area (TPSA) is 46.3 Å². The smallest absolute Gasteiger partial charge is 0.232 e. The van der Waals surface area contributed by atoms with Crippen molar-refractivity contribution in [3.8, 4) is 0 Å². The van der Waals surface area contributed by atoms with Crippen LogP contribution in [0, 0.1) is 0 Å². The van der Waals surface area contributed by atoms with Gasteiger partial charge in [-0.25, -0.2) is 0 Å². The van der Waals surface area contributed by atoms with Gasteiger partial charge in [0.2, 0.25) is 5.91 Å². The van der Waals surface area contributed by atoms with Crippen molar-refractivity contribution in [1.82, 2.24) is 4.90 Å². The summed E-state index contributed by atoms with van der Waals surface area (Å²) in [6.07, 6.45) is 2.02. The number of hydrogen-bond acceptors (Lipinski definition) is 2. The molecular formula is C15H21BrN2O. The maximum Gasteiger partial charge on any atom is 0.232 e. The van der Waals surface area contributed by atoms with Gasteiger partial charge in [-0.2, -0.15) is 0 Å². The summed E-state index contributed by atoms with van der Waals surface area (Å²) in [6, 6.07) is 8.09. The standard InChI is InChI=1S/C15H21BrN2O/c1-15(2,11-5-7-12(16)8-6-11)14(19)18-9-3-4-13(17)10-18/h5-8,13H,3-4,9-10,17H2,1-2H3. The maximum absolute atomic E-state index is 12.7. The van der Waals surface area contributed by atoms with Crippen molar-refractivity contribution in [2.45, 2.75) is 38.1 Å². The molecule has 2 N–H and O–H groups in total. The van der Waals surface area contributed by atoms with Crippen LogP contribution in [0.4, 0.5) is 0 Å². The average Bonchev–Trinajstić information content (AvgIpc) is 2.38. The van der Waals surface area contributed by atoms with E-state index in [0.717, 1.165) is 29.4 Å². The molecule has 0 saturated carbocycles. The number of nitrogens with zero attached hydrogens (tertiary/aromatic N) is 1. The molecule has 1 aliphatic rings. The van der Waals surface area contributed by atoms with Gasteiger partial charge < -0.3 is 10.6 Å². The number of benzene rings is 1. The first kappa shape index (κ1) is 14.5. The lowest BCUT2D eigenvalue weighted by molar-refractivity contribution is -0.137. The molecule has 1 atom stereocenters. The highest BCUT2D eigenvalue weighted by Gasteiger charge is 2.35. The Morgan fingerprint density at radius 1 is 1.37 bits per heavy atom. The summed E-state index contributed by atoms with van der Waals surface area (Å²) in [5, 5.41) is 0. The number of hydrogen-bond donors (Lipinski definition) is 1. The third-order valence-corrected chi connectivity index (χ3v) is 4.37. The zero-order valence-corrected chi connectivity index (χ0v) is 13.1. The molecule has 0 aliphatic carbocycles. The highest BCUT2D eigenvalue weighted by molar-refractivity contribution is 9.10. The van der Waals surface area contributed by atoms with E-state index in [2.05, 4.69) is 15.9 Å². The second kappa shape index (κ2) is 5.63. The predicted molar refractivity (Wildman–Crippen MR) is 81.0 cm³/mol. The van der Waals surface area contributed by atoms with Crippen LogP contribution in [0.25, 0.3) is 0 Å². The third-order valence-electron chi connectivity index (χ3n) is 3.85. The second-order valence-electron chi connectivity index (χ2n) is 5.79. The van der Waals surface area contributed by atoms with E-state index in [1.165, 1.54) is 0 Å². The molecule has 1 aliphatic heterocycles. The number of rotatable bonds is 2. The van der Waals surface area contributed by atoms with Crippen LogP contribution in [-0.4, -0.2) is 29.9 Å². The Labute approximate surface area is 123 Å². The number of carbonyl (C=O) groups is 1. The van der Waals surface area contributed by atoms with Gasteiger partial charge in [0.05, 0.1) is 5.41 Å². The summed E-state index contributed by atoms with van der Waals surface area (Å²) in [4.78, 5) is 14.6. The first-order valence-electron chi connectivity index (χ1n) is 6.72. The van der Waals surface area contributed by atoms with E-state index < -0.39 is 5.41 Å². The summed E-state index contributed by atoms with van der Waals surface area (Å²) in [7, 11) is 0. The van der Waals surface area contributed by atoms with E-state index in [1.54, 1.807) is 0 Å². The third kappa shape index (κ3) is 3.18. The molecule has 1 saturated heterocycles. The van der Waals surface area contributed by atoms with Crippen molar-refractivity contribution in [3.05, 3.63) is 34.3 Å². The van der Waals surface area contributed by atoms with Crippen LogP contribution in [0.1, 0.15) is 32.3 Å². The maximum atomic E-state index is 12.7. The van der Waals surface area contributed by atoms with E-state index in [1.807, 2.05) is 43.0 Å². The van der Waals surface area contributed by atoms with Crippen LogP contribution in [0.3, 0.4) is 0 Å². The lowest BCUT2D eigenvalue weighted by atomic mass is 9.82. The second-order valence-corrected chi connectivity index (χ2v) is 6.70. The van der Waals surface area contributed by atoms with Gasteiger partial charge in [-0.3, -0.25) is 4.79 Å². The molecule has 0 spiro atoms. The molecule has 1 aromatic rings. The van der Waals surface area contributed by atoms with Crippen molar-refractivity contribution in [2.75, 3.05) is 13.1 Å². The highest BCUT2D eigenvalue weighted by Crippen LogP contribution is 2.28. The number of amides is 1. The normalized spacial score (nSPS) is 20.4. The zero-order valence-electron chi connectivity index (χ0n) is 11.5. The predicted octanol–water partition coefficient (Wildman–Crippen LogP) is 2.68. The van der Waals surface area contributed by atoms with E-state index in [4.69, 9.17) is 5.73 Å². The molecule has 0 bridgehead atoms. The van der Waals surface area contributed by atoms with Crippen LogP contribution in [0.5, 0.6) is 0 Å². The summed E-state index contributed by atoms with van der Waals surface area (Å²) in [6.45, 7) is 5.47. The van der Waals surface area contributed by atoms with Gasteiger partial charge in [-0.05, 0) is 44.4 Å². The van der Waals surface area contributed by atoms with Gasteiger partial charge in [-0.1, -0.05) is 28.1 Å². The van der Waals surface area contributed by atoms with E-state index >= 15 is 0 Å².